The number of aromatic nitrogens is 1. The van der Waals surface area contributed by atoms with Crippen molar-refractivity contribution in [1.29, 1.82) is 0 Å². The number of amides is 2. The fraction of sp³-hybridized carbons (Fsp3) is 0.364. The van der Waals surface area contributed by atoms with Crippen molar-refractivity contribution >= 4 is 17.6 Å². The van der Waals surface area contributed by atoms with E-state index in [2.05, 4.69) is 4.98 Å². The number of nitrogen functional groups attached to an aromatic ring is 1. The summed E-state index contributed by atoms with van der Waals surface area (Å²) in [5, 5.41) is 0. The number of anilines is 1. The second kappa shape index (κ2) is 4.40. The Hall–Kier alpha value is -2.11. The second-order valence-corrected chi connectivity index (χ2v) is 4.01. The minimum Gasteiger partial charge on any atom is -0.384 e. The van der Waals surface area contributed by atoms with Crippen molar-refractivity contribution in [2.75, 3.05) is 25.9 Å². The van der Waals surface area contributed by atoms with Crippen LogP contribution in [0.4, 0.5) is 5.82 Å². The molecular formula is C11H14N4O2. The molecule has 0 radical (unpaired) electrons. The summed E-state index contributed by atoms with van der Waals surface area (Å²) in [6.07, 6.45) is 0. The third-order valence-corrected chi connectivity index (χ3v) is 2.70. The van der Waals surface area contributed by atoms with Crippen LogP contribution in [0.3, 0.4) is 0 Å². The van der Waals surface area contributed by atoms with Crippen LogP contribution in [0.25, 0.3) is 0 Å². The molecule has 0 saturated carbocycles. The topological polar surface area (TPSA) is 79.5 Å². The summed E-state index contributed by atoms with van der Waals surface area (Å²) in [5.41, 5.74) is 6.25. The molecule has 0 aromatic carbocycles. The molecule has 1 aliphatic heterocycles. The Morgan fingerprint density at radius 1 is 1.29 bits per heavy atom. The van der Waals surface area contributed by atoms with Crippen LogP contribution in [0.1, 0.15) is 5.69 Å². The quantitative estimate of drug-likeness (QED) is 0.697. The summed E-state index contributed by atoms with van der Waals surface area (Å²) in [6, 6.07) is 5.24. The Morgan fingerprint density at radius 3 is 2.76 bits per heavy atom. The number of hydrogen-bond acceptors (Lipinski definition) is 4. The van der Waals surface area contributed by atoms with Gasteiger partial charge in [0.15, 0.2) is 0 Å². The number of nitrogens with zero attached hydrogens (tertiary/aromatic N) is 3. The summed E-state index contributed by atoms with van der Waals surface area (Å²) in [6.45, 7) is 1.40. The van der Waals surface area contributed by atoms with Crippen LogP contribution in [-0.4, -0.2) is 46.7 Å². The minimum atomic E-state index is -0.483. The van der Waals surface area contributed by atoms with Crippen molar-refractivity contribution in [1.82, 2.24) is 14.8 Å². The normalized spacial score (nSPS) is 16.5. The van der Waals surface area contributed by atoms with E-state index in [0.717, 1.165) is 0 Å². The number of carbonyl (C=O) groups excluding carboxylic acids is 2. The maximum atomic E-state index is 11.7. The van der Waals surface area contributed by atoms with E-state index in [4.69, 9.17) is 5.73 Å². The van der Waals surface area contributed by atoms with Crippen molar-refractivity contribution < 1.29 is 9.59 Å². The van der Waals surface area contributed by atoms with Crippen molar-refractivity contribution in [3.8, 4) is 0 Å². The molecule has 2 rings (SSSR count). The molecule has 1 aromatic rings. The molecule has 0 aliphatic carbocycles. The Labute approximate surface area is 99.0 Å². The lowest BCUT2D eigenvalue weighted by atomic mass is 10.2. The van der Waals surface area contributed by atoms with Gasteiger partial charge in [-0.1, -0.05) is 6.07 Å². The number of carbonyl (C=O) groups is 2. The molecule has 2 amide bonds. The average Bonchev–Trinajstić information content (AvgIpc) is 2.30. The summed E-state index contributed by atoms with van der Waals surface area (Å²) in [7, 11) is 1.62. The maximum Gasteiger partial charge on any atom is 0.312 e. The van der Waals surface area contributed by atoms with Gasteiger partial charge in [-0.25, -0.2) is 4.98 Å². The highest BCUT2D eigenvalue weighted by Crippen LogP contribution is 2.09. The Bertz CT molecular complexity index is 461. The molecule has 1 saturated heterocycles. The molecule has 17 heavy (non-hydrogen) atoms. The summed E-state index contributed by atoms with van der Waals surface area (Å²) >= 11 is 0. The number of pyridine rings is 1. The van der Waals surface area contributed by atoms with E-state index >= 15 is 0 Å². The molecule has 90 valence electrons. The van der Waals surface area contributed by atoms with Crippen LogP contribution in [0.15, 0.2) is 18.2 Å². The third kappa shape index (κ3) is 2.35. The second-order valence-electron chi connectivity index (χ2n) is 4.01. The van der Waals surface area contributed by atoms with Crippen molar-refractivity contribution in [2.45, 2.75) is 6.54 Å². The average molecular weight is 234 g/mol. The first kappa shape index (κ1) is 11.4. The van der Waals surface area contributed by atoms with Gasteiger partial charge in [0.2, 0.25) is 0 Å². The number of likely N-dealkylation sites (N-methyl/N-ethyl adjacent to an activating group) is 1. The van der Waals surface area contributed by atoms with E-state index in [1.807, 2.05) is 0 Å². The first-order chi connectivity index (χ1) is 8.08. The Kier molecular flexibility index (Phi) is 2.95. The van der Waals surface area contributed by atoms with Crippen LogP contribution in [0, 0.1) is 0 Å². The van der Waals surface area contributed by atoms with Gasteiger partial charge < -0.3 is 15.5 Å². The third-order valence-electron chi connectivity index (χ3n) is 2.70. The van der Waals surface area contributed by atoms with E-state index in [9.17, 15) is 9.59 Å². The zero-order valence-corrected chi connectivity index (χ0v) is 9.59. The molecule has 0 atom stereocenters. The van der Waals surface area contributed by atoms with Crippen LogP contribution >= 0.6 is 0 Å². The Balaban J connectivity index is 2.09. The van der Waals surface area contributed by atoms with Crippen molar-refractivity contribution in [2.24, 2.45) is 0 Å². The van der Waals surface area contributed by atoms with Gasteiger partial charge in [-0.3, -0.25) is 9.59 Å². The molecule has 1 aliphatic rings. The van der Waals surface area contributed by atoms with Gasteiger partial charge in [0.05, 0.1) is 12.2 Å². The van der Waals surface area contributed by atoms with E-state index in [-0.39, 0.29) is 0 Å². The molecule has 2 N–H and O–H groups in total. The Morgan fingerprint density at radius 2 is 2.06 bits per heavy atom. The molecule has 2 heterocycles. The number of hydrogen-bond donors (Lipinski definition) is 1. The van der Waals surface area contributed by atoms with Gasteiger partial charge >= 0.3 is 11.8 Å². The van der Waals surface area contributed by atoms with Gasteiger partial charge in [-0.2, -0.15) is 0 Å². The van der Waals surface area contributed by atoms with Crippen LogP contribution in [-0.2, 0) is 16.1 Å². The molecule has 6 heteroatoms. The van der Waals surface area contributed by atoms with Gasteiger partial charge in [0.25, 0.3) is 0 Å². The fourth-order valence-corrected chi connectivity index (χ4v) is 1.70. The highest BCUT2D eigenvalue weighted by molar-refractivity contribution is 6.35. The first-order valence-electron chi connectivity index (χ1n) is 5.33. The van der Waals surface area contributed by atoms with Gasteiger partial charge in [-0.05, 0) is 12.1 Å². The predicted octanol–water partition coefficient (Wildman–Crippen LogP) is -0.536. The SMILES string of the molecule is CN1CCN(Cc2cccc(N)n2)C(=O)C1=O. The van der Waals surface area contributed by atoms with E-state index in [0.29, 0.717) is 31.1 Å². The molecule has 1 fully saturated rings. The number of rotatable bonds is 2. The molecule has 0 spiro atoms. The van der Waals surface area contributed by atoms with E-state index < -0.39 is 11.8 Å². The lowest BCUT2D eigenvalue weighted by Crippen LogP contribution is -2.52. The van der Waals surface area contributed by atoms with Gasteiger partial charge in [0, 0.05) is 20.1 Å². The van der Waals surface area contributed by atoms with Crippen LogP contribution in [0.5, 0.6) is 0 Å². The van der Waals surface area contributed by atoms with Crippen molar-refractivity contribution in [3.63, 3.8) is 0 Å². The lowest BCUT2D eigenvalue weighted by Gasteiger charge is -2.31. The maximum absolute atomic E-state index is 11.7. The molecule has 0 bridgehead atoms. The summed E-state index contributed by atoms with van der Waals surface area (Å²) in [4.78, 5) is 30.2. The van der Waals surface area contributed by atoms with E-state index in [1.54, 1.807) is 25.2 Å². The van der Waals surface area contributed by atoms with E-state index in [1.165, 1.54) is 9.80 Å². The predicted molar refractivity (Wildman–Crippen MR) is 61.7 cm³/mol. The smallest absolute Gasteiger partial charge is 0.312 e. The van der Waals surface area contributed by atoms with Crippen molar-refractivity contribution in [3.05, 3.63) is 23.9 Å². The standard InChI is InChI=1S/C11H14N4O2/c1-14-5-6-15(11(17)10(14)16)7-8-3-2-4-9(12)13-8/h2-4H,5-7H2,1H3,(H2,12,13). The summed E-state index contributed by atoms with van der Waals surface area (Å²) < 4.78 is 0. The molecular weight excluding hydrogens is 220 g/mol. The zero-order chi connectivity index (χ0) is 12.4. The minimum absolute atomic E-state index is 0.323. The zero-order valence-electron chi connectivity index (χ0n) is 9.59. The van der Waals surface area contributed by atoms with Crippen LogP contribution < -0.4 is 5.73 Å². The largest absolute Gasteiger partial charge is 0.384 e. The molecule has 0 unspecified atom stereocenters. The number of nitrogens with two attached hydrogens (primary N) is 1. The monoisotopic (exact) mass is 234 g/mol. The lowest BCUT2D eigenvalue weighted by molar-refractivity contribution is -0.155. The fourth-order valence-electron chi connectivity index (χ4n) is 1.70. The van der Waals surface area contributed by atoms with Gasteiger partial charge in [-0.15, -0.1) is 0 Å². The highest BCUT2D eigenvalue weighted by Gasteiger charge is 2.30. The number of piperazine rings is 1. The van der Waals surface area contributed by atoms with Crippen LogP contribution in [0.2, 0.25) is 0 Å². The molecule has 1 aromatic heterocycles. The van der Waals surface area contributed by atoms with Gasteiger partial charge in [0.1, 0.15) is 5.82 Å². The summed E-state index contributed by atoms with van der Waals surface area (Å²) in [5.74, 6) is -0.543. The highest BCUT2D eigenvalue weighted by atomic mass is 16.2. The molecule has 6 nitrogen and oxygen atoms in total. The first-order valence-corrected chi connectivity index (χ1v) is 5.33.